The van der Waals surface area contributed by atoms with Gasteiger partial charge in [0, 0.05) is 7.05 Å². The average molecular weight is 185 g/mol. The third kappa shape index (κ3) is 3.18. The van der Waals surface area contributed by atoms with Crippen molar-refractivity contribution in [3.8, 4) is 0 Å². The van der Waals surface area contributed by atoms with E-state index in [-0.39, 0.29) is 6.61 Å². The van der Waals surface area contributed by atoms with Crippen molar-refractivity contribution in [2.24, 2.45) is 12.8 Å². The van der Waals surface area contributed by atoms with Crippen LogP contribution in [0.25, 0.3) is 0 Å². The van der Waals surface area contributed by atoms with Crippen molar-refractivity contribution in [2.45, 2.75) is 6.54 Å². The molecule has 1 amide bonds. The Kier molecular flexibility index (Phi) is 3.35. The first-order chi connectivity index (χ1) is 6.20. The van der Waals surface area contributed by atoms with Crippen LogP contribution in [-0.4, -0.2) is 27.3 Å². The molecule has 1 aromatic rings. The second kappa shape index (κ2) is 4.53. The van der Waals surface area contributed by atoms with Gasteiger partial charge in [-0.1, -0.05) is 0 Å². The van der Waals surface area contributed by atoms with E-state index >= 15 is 0 Å². The maximum absolute atomic E-state index is 10.3. The Bertz CT molecular complexity index is 284. The number of carbonyl (C=O) groups excluding carboxylic acids is 1. The van der Waals surface area contributed by atoms with E-state index in [9.17, 15) is 4.79 Å². The quantitative estimate of drug-likeness (QED) is 0.422. The van der Waals surface area contributed by atoms with Gasteiger partial charge in [0.2, 0.25) is 5.91 Å². The van der Waals surface area contributed by atoms with Gasteiger partial charge < -0.3 is 5.73 Å². The molecular formula is C6H11N5O2. The second-order valence-corrected chi connectivity index (χ2v) is 2.38. The fourth-order valence-electron chi connectivity index (χ4n) is 0.718. The fourth-order valence-corrected chi connectivity index (χ4v) is 0.718. The van der Waals surface area contributed by atoms with E-state index in [1.165, 1.54) is 6.33 Å². The predicted molar refractivity (Wildman–Crippen MR) is 43.0 cm³/mol. The van der Waals surface area contributed by atoms with Crippen LogP contribution in [0.4, 0.5) is 0 Å². The van der Waals surface area contributed by atoms with Crippen LogP contribution in [-0.2, 0) is 23.2 Å². The maximum Gasteiger partial charge on any atom is 0.245 e. The van der Waals surface area contributed by atoms with Gasteiger partial charge in [0.15, 0.2) is 0 Å². The zero-order valence-electron chi connectivity index (χ0n) is 7.23. The van der Waals surface area contributed by atoms with Crippen molar-refractivity contribution in [3.05, 3.63) is 12.2 Å². The number of nitrogens with two attached hydrogens (primary N) is 1. The van der Waals surface area contributed by atoms with Crippen molar-refractivity contribution in [1.82, 2.24) is 20.2 Å². The Hall–Kier alpha value is -1.47. The molecule has 0 saturated carbocycles. The zero-order chi connectivity index (χ0) is 9.68. The minimum absolute atomic E-state index is 0.155. The monoisotopic (exact) mass is 185 g/mol. The van der Waals surface area contributed by atoms with Gasteiger partial charge >= 0.3 is 0 Å². The largest absolute Gasteiger partial charge is 0.368 e. The third-order valence-electron chi connectivity index (χ3n) is 1.35. The molecule has 72 valence electrons. The van der Waals surface area contributed by atoms with Crippen LogP contribution in [0.3, 0.4) is 0 Å². The molecule has 0 aliphatic carbocycles. The van der Waals surface area contributed by atoms with Gasteiger partial charge in [0.05, 0.1) is 6.54 Å². The molecule has 3 N–H and O–H groups in total. The second-order valence-electron chi connectivity index (χ2n) is 2.38. The number of hydrogen-bond acceptors (Lipinski definition) is 5. The Balaban J connectivity index is 2.20. The van der Waals surface area contributed by atoms with E-state index in [1.807, 2.05) is 0 Å². The van der Waals surface area contributed by atoms with E-state index in [0.29, 0.717) is 12.4 Å². The third-order valence-corrected chi connectivity index (χ3v) is 1.35. The first-order valence-corrected chi connectivity index (χ1v) is 3.66. The number of nitrogens with one attached hydrogen (secondary N) is 1. The lowest BCUT2D eigenvalue weighted by atomic mass is 10.6. The highest BCUT2D eigenvalue weighted by Crippen LogP contribution is 1.88. The molecule has 0 aromatic carbocycles. The summed E-state index contributed by atoms with van der Waals surface area (Å²) < 4.78 is 1.60. The molecule has 7 heteroatoms. The predicted octanol–water partition coefficient (Wildman–Crippen LogP) is -1.68. The molecule has 0 spiro atoms. The lowest BCUT2D eigenvalue weighted by Gasteiger charge is -2.02. The van der Waals surface area contributed by atoms with Gasteiger partial charge in [-0.2, -0.15) is 10.6 Å². The molecule has 0 aliphatic heterocycles. The van der Waals surface area contributed by atoms with Gasteiger partial charge in [-0.15, -0.1) is 0 Å². The van der Waals surface area contributed by atoms with Crippen LogP contribution in [0.5, 0.6) is 0 Å². The summed E-state index contributed by atoms with van der Waals surface area (Å²) in [6.07, 6.45) is 1.44. The highest BCUT2D eigenvalue weighted by Gasteiger charge is 1.99. The number of aryl methyl sites for hydroxylation is 1. The summed E-state index contributed by atoms with van der Waals surface area (Å²) >= 11 is 0. The van der Waals surface area contributed by atoms with Gasteiger partial charge in [0.1, 0.15) is 18.8 Å². The lowest BCUT2D eigenvalue weighted by molar-refractivity contribution is -0.125. The summed E-state index contributed by atoms with van der Waals surface area (Å²) in [5.41, 5.74) is 7.38. The number of nitrogens with zero attached hydrogens (tertiary/aromatic N) is 3. The highest BCUT2D eigenvalue weighted by molar-refractivity contribution is 5.74. The first-order valence-electron chi connectivity index (χ1n) is 3.66. The Morgan fingerprint density at radius 3 is 3.15 bits per heavy atom. The van der Waals surface area contributed by atoms with Gasteiger partial charge in [0.25, 0.3) is 0 Å². The molecule has 0 bridgehead atoms. The van der Waals surface area contributed by atoms with Gasteiger partial charge in [-0.05, 0) is 0 Å². The molecule has 1 aromatic heterocycles. The van der Waals surface area contributed by atoms with Crippen LogP contribution >= 0.6 is 0 Å². The van der Waals surface area contributed by atoms with Crippen LogP contribution in [0, 0.1) is 0 Å². The van der Waals surface area contributed by atoms with Gasteiger partial charge in [-0.3, -0.25) is 14.3 Å². The number of hydroxylamine groups is 1. The Morgan fingerprint density at radius 2 is 2.62 bits per heavy atom. The molecule has 1 rings (SSSR count). The maximum atomic E-state index is 10.3. The minimum Gasteiger partial charge on any atom is -0.368 e. The van der Waals surface area contributed by atoms with E-state index in [1.54, 1.807) is 11.7 Å². The molecule has 1 heterocycles. The lowest BCUT2D eigenvalue weighted by Crippen LogP contribution is -2.25. The van der Waals surface area contributed by atoms with Crippen molar-refractivity contribution in [2.75, 3.05) is 6.61 Å². The standard InChI is InChI=1S/C6H11N5O2/c1-11-6(8-4-9-11)2-10-13-3-5(7)12/h4,10H,2-3H2,1H3,(H2,7,12). The molecule has 0 fully saturated rings. The van der Waals surface area contributed by atoms with Crippen molar-refractivity contribution >= 4 is 5.91 Å². The molecule has 0 unspecified atom stereocenters. The summed E-state index contributed by atoms with van der Waals surface area (Å²) in [5, 5.41) is 3.85. The SMILES string of the molecule is Cn1ncnc1CNOCC(N)=O. The number of aromatic nitrogens is 3. The number of amides is 1. The Labute approximate surface area is 74.8 Å². The molecule has 7 nitrogen and oxygen atoms in total. The van der Waals surface area contributed by atoms with E-state index in [4.69, 9.17) is 10.6 Å². The van der Waals surface area contributed by atoms with Crippen LogP contribution in [0.1, 0.15) is 5.82 Å². The molecule has 13 heavy (non-hydrogen) atoms. The normalized spacial score (nSPS) is 10.2. The molecular weight excluding hydrogens is 174 g/mol. The summed E-state index contributed by atoms with van der Waals surface area (Å²) in [6, 6.07) is 0. The smallest absolute Gasteiger partial charge is 0.245 e. The zero-order valence-corrected chi connectivity index (χ0v) is 7.23. The molecule has 0 saturated heterocycles. The van der Waals surface area contributed by atoms with E-state index in [2.05, 4.69) is 15.6 Å². The molecule has 0 aliphatic rings. The topological polar surface area (TPSA) is 95.1 Å². The average Bonchev–Trinajstić information content (AvgIpc) is 2.45. The summed E-state index contributed by atoms with van der Waals surface area (Å²) in [4.78, 5) is 18.9. The van der Waals surface area contributed by atoms with Gasteiger partial charge in [-0.25, -0.2) is 4.98 Å². The Morgan fingerprint density at radius 1 is 1.85 bits per heavy atom. The van der Waals surface area contributed by atoms with Crippen molar-refractivity contribution in [3.63, 3.8) is 0 Å². The van der Waals surface area contributed by atoms with Crippen molar-refractivity contribution in [1.29, 1.82) is 0 Å². The molecule has 0 atom stereocenters. The van der Waals surface area contributed by atoms with Crippen LogP contribution in [0.2, 0.25) is 0 Å². The summed E-state index contributed by atoms with van der Waals surface area (Å²) in [6.45, 7) is 0.224. The van der Waals surface area contributed by atoms with E-state index in [0.717, 1.165) is 0 Å². The fraction of sp³-hybridized carbons (Fsp3) is 0.500. The number of primary amides is 1. The highest BCUT2D eigenvalue weighted by atomic mass is 16.6. The summed E-state index contributed by atoms with van der Waals surface area (Å²) in [5.74, 6) is 0.190. The number of carbonyl (C=O) groups is 1. The van der Waals surface area contributed by atoms with Crippen LogP contribution in [0.15, 0.2) is 6.33 Å². The number of rotatable bonds is 5. The molecule has 0 radical (unpaired) electrons. The minimum atomic E-state index is -0.523. The number of hydrogen-bond donors (Lipinski definition) is 2. The van der Waals surface area contributed by atoms with Crippen LogP contribution < -0.4 is 11.2 Å². The summed E-state index contributed by atoms with van der Waals surface area (Å²) in [7, 11) is 1.76. The first kappa shape index (κ1) is 9.62. The van der Waals surface area contributed by atoms with Crippen molar-refractivity contribution < 1.29 is 9.63 Å². The van der Waals surface area contributed by atoms with E-state index < -0.39 is 5.91 Å².